The SMILES string of the molecule is CC1=NN(C(=O)OC(C)(C)C)C(C(=O)O)C1. The molecule has 0 saturated heterocycles. The van der Waals surface area contributed by atoms with Gasteiger partial charge in [0.05, 0.1) is 0 Å². The lowest BCUT2D eigenvalue weighted by Crippen LogP contribution is -2.41. The molecular weight excluding hydrogens is 212 g/mol. The van der Waals surface area contributed by atoms with Crippen LogP contribution in [0.25, 0.3) is 0 Å². The summed E-state index contributed by atoms with van der Waals surface area (Å²) in [6, 6.07) is -0.949. The molecule has 0 radical (unpaired) electrons. The van der Waals surface area contributed by atoms with Crippen molar-refractivity contribution in [2.75, 3.05) is 0 Å². The van der Waals surface area contributed by atoms with E-state index < -0.39 is 23.7 Å². The Morgan fingerprint density at radius 1 is 1.50 bits per heavy atom. The van der Waals surface area contributed by atoms with Crippen molar-refractivity contribution in [1.82, 2.24) is 5.01 Å². The number of rotatable bonds is 1. The van der Waals surface area contributed by atoms with Crippen LogP contribution in [0, 0.1) is 0 Å². The molecule has 1 N–H and O–H groups in total. The summed E-state index contributed by atoms with van der Waals surface area (Å²) in [5.74, 6) is -1.08. The molecule has 1 heterocycles. The van der Waals surface area contributed by atoms with E-state index in [4.69, 9.17) is 9.84 Å². The number of hydrogen-bond acceptors (Lipinski definition) is 4. The van der Waals surface area contributed by atoms with Crippen molar-refractivity contribution < 1.29 is 19.4 Å². The highest BCUT2D eigenvalue weighted by Gasteiger charge is 2.37. The normalized spacial score (nSPS) is 20.6. The summed E-state index contributed by atoms with van der Waals surface area (Å²) >= 11 is 0. The van der Waals surface area contributed by atoms with Crippen molar-refractivity contribution in [2.45, 2.75) is 45.8 Å². The summed E-state index contributed by atoms with van der Waals surface area (Å²) in [6.07, 6.45) is -0.481. The summed E-state index contributed by atoms with van der Waals surface area (Å²) in [5, 5.41) is 13.7. The Morgan fingerprint density at radius 3 is 2.50 bits per heavy atom. The van der Waals surface area contributed by atoms with Gasteiger partial charge in [0.25, 0.3) is 0 Å². The fourth-order valence-electron chi connectivity index (χ4n) is 1.33. The summed E-state index contributed by atoms with van der Waals surface area (Å²) in [6.45, 7) is 6.83. The van der Waals surface area contributed by atoms with Gasteiger partial charge in [-0.25, -0.2) is 9.59 Å². The molecule has 0 aliphatic carbocycles. The molecule has 0 spiro atoms. The first-order chi connectivity index (χ1) is 7.20. The van der Waals surface area contributed by atoms with Crippen molar-refractivity contribution in [1.29, 1.82) is 0 Å². The lowest BCUT2D eigenvalue weighted by molar-refractivity contribution is -0.142. The van der Waals surface area contributed by atoms with Gasteiger partial charge in [0.2, 0.25) is 0 Å². The monoisotopic (exact) mass is 228 g/mol. The van der Waals surface area contributed by atoms with Crippen molar-refractivity contribution >= 4 is 17.8 Å². The number of carbonyl (C=O) groups is 2. The first kappa shape index (κ1) is 12.5. The van der Waals surface area contributed by atoms with Crippen LogP contribution in [0.1, 0.15) is 34.1 Å². The molecule has 16 heavy (non-hydrogen) atoms. The van der Waals surface area contributed by atoms with Gasteiger partial charge in [0.15, 0.2) is 6.04 Å². The van der Waals surface area contributed by atoms with E-state index in [1.54, 1.807) is 27.7 Å². The van der Waals surface area contributed by atoms with Crippen LogP contribution in [-0.4, -0.2) is 39.5 Å². The second kappa shape index (κ2) is 4.11. The molecule has 0 aromatic carbocycles. The number of nitrogens with zero attached hydrogens (tertiary/aromatic N) is 2. The molecule has 0 bridgehead atoms. The van der Waals surface area contributed by atoms with Crippen LogP contribution in [-0.2, 0) is 9.53 Å². The molecule has 1 aliphatic heterocycles. The molecule has 0 fully saturated rings. The zero-order chi connectivity index (χ0) is 12.5. The van der Waals surface area contributed by atoms with Gasteiger partial charge in [-0.15, -0.1) is 0 Å². The van der Waals surface area contributed by atoms with Crippen LogP contribution in [0.5, 0.6) is 0 Å². The maximum Gasteiger partial charge on any atom is 0.431 e. The second-order valence-electron chi connectivity index (χ2n) is 4.72. The van der Waals surface area contributed by atoms with Crippen LogP contribution < -0.4 is 0 Å². The van der Waals surface area contributed by atoms with Gasteiger partial charge < -0.3 is 9.84 Å². The number of ether oxygens (including phenoxy) is 1. The largest absolute Gasteiger partial charge is 0.480 e. The molecule has 1 unspecified atom stereocenters. The van der Waals surface area contributed by atoms with Crippen molar-refractivity contribution in [3.05, 3.63) is 0 Å². The average Bonchev–Trinajstić information content (AvgIpc) is 2.44. The summed E-state index contributed by atoms with van der Waals surface area (Å²) in [7, 11) is 0. The van der Waals surface area contributed by atoms with Crippen LogP contribution >= 0.6 is 0 Å². The first-order valence-corrected chi connectivity index (χ1v) is 5.00. The molecule has 6 nitrogen and oxygen atoms in total. The maximum absolute atomic E-state index is 11.7. The molecule has 90 valence electrons. The molecule has 0 aromatic rings. The zero-order valence-electron chi connectivity index (χ0n) is 9.85. The van der Waals surface area contributed by atoms with E-state index in [0.717, 1.165) is 5.01 Å². The first-order valence-electron chi connectivity index (χ1n) is 5.00. The highest BCUT2D eigenvalue weighted by molar-refractivity contribution is 5.93. The van der Waals surface area contributed by atoms with Gasteiger partial charge in [-0.05, 0) is 27.7 Å². The minimum absolute atomic E-state index is 0.245. The number of aliphatic carboxylic acids is 1. The van der Waals surface area contributed by atoms with Crippen molar-refractivity contribution in [3.8, 4) is 0 Å². The Kier molecular flexibility index (Phi) is 3.21. The number of carboxylic acids is 1. The second-order valence-corrected chi connectivity index (χ2v) is 4.72. The third-order valence-electron chi connectivity index (χ3n) is 1.93. The predicted octanol–water partition coefficient (Wildman–Crippen LogP) is 1.46. The van der Waals surface area contributed by atoms with E-state index >= 15 is 0 Å². The Hall–Kier alpha value is -1.59. The minimum Gasteiger partial charge on any atom is -0.480 e. The fraction of sp³-hybridized carbons (Fsp3) is 0.700. The summed E-state index contributed by atoms with van der Waals surface area (Å²) in [4.78, 5) is 22.6. The third-order valence-corrected chi connectivity index (χ3v) is 1.93. The lowest BCUT2D eigenvalue weighted by Gasteiger charge is -2.24. The molecule has 1 rings (SSSR count). The number of amides is 1. The van der Waals surface area contributed by atoms with E-state index in [1.807, 2.05) is 0 Å². The number of carboxylic acid groups (broad SMARTS) is 1. The van der Waals surface area contributed by atoms with Gasteiger partial charge in [-0.2, -0.15) is 10.1 Å². The van der Waals surface area contributed by atoms with Crippen molar-refractivity contribution in [3.63, 3.8) is 0 Å². The van der Waals surface area contributed by atoms with E-state index in [0.29, 0.717) is 5.71 Å². The Bertz CT molecular complexity index is 343. The summed E-state index contributed by atoms with van der Waals surface area (Å²) in [5.41, 5.74) is -0.0511. The minimum atomic E-state index is -1.08. The number of hydrogen-bond donors (Lipinski definition) is 1. The lowest BCUT2D eigenvalue weighted by atomic mass is 10.2. The number of hydrazone groups is 1. The quantitative estimate of drug-likeness (QED) is 0.736. The molecule has 0 saturated carbocycles. The van der Waals surface area contributed by atoms with Crippen LogP contribution in [0.15, 0.2) is 5.10 Å². The Labute approximate surface area is 93.9 Å². The third kappa shape index (κ3) is 2.95. The van der Waals surface area contributed by atoms with Crippen molar-refractivity contribution in [2.24, 2.45) is 5.10 Å². The molecule has 1 atom stereocenters. The molecule has 1 amide bonds. The topological polar surface area (TPSA) is 79.2 Å². The Morgan fingerprint density at radius 2 is 2.06 bits per heavy atom. The molecular formula is C10H16N2O4. The predicted molar refractivity (Wildman–Crippen MR) is 57.2 cm³/mol. The molecule has 6 heteroatoms. The van der Waals surface area contributed by atoms with Gasteiger partial charge in [0.1, 0.15) is 5.60 Å². The van der Waals surface area contributed by atoms with Crippen LogP contribution in [0.4, 0.5) is 4.79 Å². The maximum atomic E-state index is 11.7. The highest BCUT2D eigenvalue weighted by atomic mass is 16.6. The summed E-state index contributed by atoms with van der Waals surface area (Å²) < 4.78 is 5.07. The standard InChI is InChI=1S/C10H16N2O4/c1-6-5-7(8(13)14)12(11-6)9(15)16-10(2,3)4/h7H,5H2,1-4H3,(H,13,14). The van der Waals surface area contributed by atoms with E-state index in [2.05, 4.69) is 5.10 Å². The van der Waals surface area contributed by atoms with Gasteiger partial charge >= 0.3 is 12.1 Å². The smallest absolute Gasteiger partial charge is 0.431 e. The highest BCUT2D eigenvalue weighted by Crippen LogP contribution is 2.19. The van der Waals surface area contributed by atoms with E-state index in [-0.39, 0.29) is 6.42 Å². The average molecular weight is 228 g/mol. The molecule has 0 aromatic heterocycles. The van der Waals surface area contributed by atoms with E-state index in [9.17, 15) is 9.59 Å². The van der Waals surface area contributed by atoms with Crippen LogP contribution in [0.2, 0.25) is 0 Å². The van der Waals surface area contributed by atoms with E-state index in [1.165, 1.54) is 0 Å². The van der Waals surface area contributed by atoms with Crippen LogP contribution in [0.3, 0.4) is 0 Å². The number of carbonyl (C=O) groups excluding carboxylic acids is 1. The fourth-order valence-corrected chi connectivity index (χ4v) is 1.33. The molecule has 1 aliphatic rings. The Balaban J connectivity index is 2.78. The van der Waals surface area contributed by atoms with Gasteiger partial charge in [0, 0.05) is 12.1 Å². The van der Waals surface area contributed by atoms with Gasteiger partial charge in [-0.1, -0.05) is 0 Å². The zero-order valence-corrected chi connectivity index (χ0v) is 9.85. The van der Waals surface area contributed by atoms with Gasteiger partial charge in [-0.3, -0.25) is 0 Å².